The zero-order valence-electron chi connectivity index (χ0n) is 17.5. The lowest BCUT2D eigenvalue weighted by Crippen LogP contribution is -2.14. The minimum Gasteiger partial charge on any atom is -0.497 e. The van der Waals surface area contributed by atoms with E-state index in [1.807, 2.05) is 66.7 Å². The first-order chi connectivity index (χ1) is 14.3. The number of rotatable bonds is 4. The van der Waals surface area contributed by atoms with E-state index in [4.69, 9.17) is 4.74 Å². The number of nitrogens with one attached hydrogen (secondary N) is 1. The van der Waals surface area contributed by atoms with Gasteiger partial charge >= 0.3 is 0 Å². The van der Waals surface area contributed by atoms with E-state index in [-0.39, 0.29) is 11.3 Å². The highest BCUT2D eigenvalue weighted by atomic mass is 16.5. The number of carbonyl (C=O) groups excluding carboxylic acids is 1. The number of hydrogen-bond acceptors (Lipinski definition) is 4. The molecule has 1 heterocycles. The van der Waals surface area contributed by atoms with Gasteiger partial charge in [0.25, 0.3) is 5.91 Å². The molecular weight excluding hydrogens is 376 g/mol. The van der Waals surface area contributed by atoms with Crippen LogP contribution in [0.4, 0.5) is 5.69 Å². The second-order valence-electron chi connectivity index (χ2n) is 8.18. The van der Waals surface area contributed by atoms with Gasteiger partial charge in [-0.3, -0.25) is 4.79 Å². The summed E-state index contributed by atoms with van der Waals surface area (Å²) in [6.07, 6.45) is 0. The first kappa shape index (κ1) is 19.6. The summed E-state index contributed by atoms with van der Waals surface area (Å²) >= 11 is 0. The van der Waals surface area contributed by atoms with Crippen molar-refractivity contribution >= 4 is 22.6 Å². The van der Waals surface area contributed by atoms with Crippen LogP contribution in [0.3, 0.4) is 0 Å². The topological polar surface area (TPSA) is 69.0 Å². The van der Waals surface area contributed by atoms with Crippen molar-refractivity contribution in [2.24, 2.45) is 0 Å². The summed E-state index contributed by atoms with van der Waals surface area (Å²) in [6, 6.07) is 20.7. The Morgan fingerprint density at radius 2 is 1.67 bits per heavy atom. The molecule has 0 aliphatic heterocycles. The summed E-state index contributed by atoms with van der Waals surface area (Å²) in [6.45, 7) is 6.45. The Morgan fingerprint density at radius 3 is 2.37 bits per heavy atom. The van der Waals surface area contributed by atoms with Crippen LogP contribution in [0.1, 0.15) is 36.7 Å². The summed E-state index contributed by atoms with van der Waals surface area (Å²) in [5.41, 5.74) is 4.76. The number of fused-ring (bicyclic) bond motifs is 1. The number of aromatic nitrogens is 3. The van der Waals surface area contributed by atoms with Gasteiger partial charge < -0.3 is 10.1 Å². The normalized spacial score (nSPS) is 11.5. The second kappa shape index (κ2) is 7.63. The molecule has 4 rings (SSSR count). The number of benzene rings is 3. The SMILES string of the molecule is COc1cccc(-n2nc3ccc(NC(=O)c4ccc(C(C)(C)C)cc4)cc3n2)c1. The Bertz CT molecular complexity index is 1200. The van der Waals surface area contributed by atoms with Crippen molar-refractivity contribution in [3.8, 4) is 11.4 Å². The van der Waals surface area contributed by atoms with Gasteiger partial charge in [-0.15, -0.1) is 10.2 Å². The number of nitrogens with zero attached hydrogens (tertiary/aromatic N) is 3. The summed E-state index contributed by atoms with van der Waals surface area (Å²) in [5, 5.41) is 12.0. The molecule has 1 amide bonds. The summed E-state index contributed by atoms with van der Waals surface area (Å²) in [5.74, 6) is 0.578. The third-order valence-corrected chi connectivity index (χ3v) is 4.94. The largest absolute Gasteiger partial charge is 0.497 e. The van der Waals surface area contributed by atoms with Crippen molar-refractivity contribution in [3.05, 3.63) is 77.9 Å². The quantitative estimate of drug-likeness (QED) is 0.525. The van der Waals surface area contributed by atoms with E-state index in [0.29, 0.717) is 16.8 Å². The van der Waals surface area contributed by atoms with E-state index < -0.39 is 0 Å². The van der Waals surface area contributed by atoms with E-state index in [1.54, 1.807) is 11.9 Å². The van der Waals surface area contributed by atoms with Crippen molar-refractivity contribution in [1.82, 2.24) is 15.0 Å². The van der Waals surface area contributed by atoms with Gasteiger partial charge in [0, 0.05) is 17.3 Å². The molecule has 3 aromatic carbocycles. The van der Waals surface area contributed by atoms with Gasteiger partial charge in [-0.1, -0.05) is 39.0 Å². The molecule has 1 aromatic heterocycles. The highest BCUT2D eigenvalue weighted by Gasteiger charge is 2.15. The van der Waals surface area contributed by atoms with Gasteiger partial charge in [-0.25, -0.2) is 0 Å². The molecule has 30 heavy (non-hydrogen) atoms. The molecular formula is C24H24N4O2. The van der Waals surface area contributed by atoms with Crippen molar-refractivity contribution in [1.29, 1.82) is 0 Å². The Hall–Kier alpha value is -3.67. The van der Waals surface area contributed by atoms with Crippen LogP contribution in [0, 0.1) is 0 Å². The molecule has 0 spiro atoms. The molecule has 0 bridgehead atoms. The summed E-state index contributed by atoms with van der Waals surface area (Å²) in [7, 11) is 1.62. The molecule has 0 fully saturated rings. The molecule has 0 saturated heterocycles. The number of carbonyl (C=O) groups is 1. The van der Waals surface area contributed by atoms with Crippen LogP contribution in [-0.2, 0) is 5.41 Å². The minimum atomic E-state index is -0.157. The standard InChI is InChI=1S/C24H24N4O2/c1-24(2,3)17-10-8-16(9-11-17)23(29)25-18-12-13-21-22(14-18)27-28(26-21)19-6-5-7-20(15-19)30-4/h5-15H,1-4H3,(H,25,29). The lowest BCUT2D eigenvalue weighted by molar-refractivity contribution is 0.102. The molecule has 0 unspecified atom stereocenters. The van der Waals surface area contributed by atoms with Gasteiger partial charge in [-0.05, 0) is 53.4 Å². The van der Waals surface area contributed by atoms with Crippen molar-refractivity contribution in [2.75, 3.05) is 12.4 Å². The lowest BCUT2D eigenvalue weighted by atomic mass is 9.87. The van der Waals surface area contributed by atoms with E-state index in [0.717, 1.165) is 17.0 Å². The van der Waals surface area contributed by atoms with Gasteiger partial charge in [-0.2, -0.15) is 4.80 Å². The summed E-state index contributed by atoms with van der Waals surface area (Å²) in [4.78, 5) is 14.2. The maximum atomic E-state index is 12.6. The zero-order chi connectivity index (χ0) is 21.3. The molecule has 152 valence electrons. The smallest absolute Gasteiger partial charge is 0.255 e. The summed E-state index contributed by atoms with van der Waals surface area (Å²) < 4.78 is 5.26. The number of hydrogen-bond donors (Lipinski definition) is 1. The predicted octanol–water partition coefficient (Wildman–Crippen LogP) is 4.98. The monoisotopic (exact) mass is 400 g/mol. The van der Waals surface area contributed by atoms with E-state index in [9.17, 15) is 4.79 Å². The van der Waals surface area contributed by atoms with Crippen LogP contribution < -0.4 is 10.1 Å². The fourth-order valence-corrected chi connectivity index (χ4v) is 3.17. The number of methoxy groups -OCH3 is 1. The van der Waals surface area contributed by atoms with Crippen molar-refractivity contribution < 1.29 is 9.53 Å². The van der Waals surface area contributed by atoms with Gasteiger partial charge in [0.05, 0.1) is 12.8 Å². The Kier molecular flexibility index (Phi) is 4.99. The molecule has 6 nitrogen and oxygen atoms in total. The molecule has 0 saturated carbocycles. The van der Waals surface area contributed by atoms with Crippen molar-refractivity contribution in [3.63, 3.8) is 0 Å². The van der Waals surface area contributed by atoms with Gasteiger partial charge in [0.15, 0.2) is 0 Å². The fraction of sp³-hybridized carbons (Fsp3) is 0.208. The second-order valence-corrected chi connectivity index (χ2v) is 8.18. The maximum absolute atomic E-state index is 12.6. The Morgan fingerprint density at radius 1 is 0.933 bits per heavy atom. The van der Waals surface area contributed by atoms with E-state index in [2.05, 4.69) is 36.3 Å². The minimum absolute atomic E-state index is 0.0502. The molecule has 1 N–H and O–H groups in total. The van der Waals surface area contributed by atoms with Crippen LogP contribution in [-0.4, -0.2) is 28.0 Å². The average Bonchev–Trinajstić information content (AvgIpc) is 3.17. The third kappa shape index (κ3) is 4.03. The third-order valence-electron chi connectivity index (χ3n) is 4.94. The Labute approximate surface area is 175 Å². The average molecular weight is 400 g/mol. The van der Waals surface area contributed by atoms with E-state index in [1.165, 1.54) is 5.56 Å². The highest BCUT2D eigenvalue weighted by Crippen LogP contribution is 2.23. The molecule has 0 atom stereocenters. The predicted molar refractivity (Wildman–Crippen MR) is 119 cm³/mol. The number of amides is 1. The highest BCUT2D eigenvalue weighted by molar-refractivity contribution is 6.05. The number of anilines is 1. The van der Waals surface area contributed by atoms with E-state index >= 15 is 0 Å². The first-order valence-corrected chi connectivity index (χ1v) is 9.77. The van der Waals surface area contributed by atoms with Gasteiger partial charge in [0.2, 0.25) is 0 Å². The lowest BCUT2D eigenvalue weighted by Gasteiger charge is -2.19. The van der Waals surface area contributed by atoms with Crippen LogP contribution >= 0.6 is 0 Å². The maximum Gasteiger partial charge on any atom is 0.255 e. The molecule has 4 aromatic rings. The van der Waals surface area contributed by atoms with Crippen LogP contribution in [0.25, 0.3) is 16.7 Å². The first-order valence-electron chi connectivity index (χ1n) is 9.77. The number of ether oxygens (including phenoxy) is 1. The molecule has 0 radical (unpaired) electrons. The fourth-order valence-electron chi connectivity index (χ4n) is 3.17. The van der Waals surface area contributed by atoms with Crippen molar-refractivity contribution in [2.45, 2.75) is 26.2 Å². The van der Waals surface area contributed by atoms with Crippen LogP contribution in [0.15, 0.2) is 66.7 Å². The molecule has 6 heteroatoms. The molecule has 0 aliphatic rings. The zero-order valence-corrected chi connectivity index (χ0v) is 17.5. The molecule has 0 aliphatic carbocycles. The Balaban J connectivity index is 1.55. The van der Waals surface area contributed by atoms with Crippen LogP contribution in [0.2, 0.25) is 0 Å². The van der Waals surface area contributed by atoms with Crippen LogP contribution in [0.5, 0.6) is 5.75 Å². The van der Waals surface area contributed by atoms with Gasteiger partial charge in [0.1, 0.15) is 16.8 Å².